The van der Waals surface area contributed by atoms with Crippen LogP contribution in [0.2, 0.25) is 0 Å². The van der Waals surface area contributed by atoms with Crippen LogP contribution in [0.3, 0.4) is 0 Å². The average molecular weight is 311 g/mol. The molecule has 0 spiro atoms. The molecule has 3 unspecified atom stereocenters. The zero-order valence-electron chi connectivity index (χ0n) is 9.73. The first-order valence-corrected chi connectivity index (χ1v) is 7.78. The number of ether oxygens (including phenoxy) is 1. The fraction of sp³-hybridized carbons (Fsp3) is 0.429. The molecular formula is C14H15BrOS. The minimum atomic E-state index is 0.359. The van der Waals surface area contributed by atoms with Gasteiger partial charge in [-0.1, -0.05) is 34.1 Å². The van der Waals surface area contributed by atoms with Gasteiger partial charge in [0.15, 0.2) is 0 Å². The van der Waals surface area contributed by atoms with Gasteiger partial charge in [-0.15, -0.1) is 11.3 Å². The van der Waals surface area contributed by atoms with Gasteiger partial charge in [0.2, 0.25) is 0 Å². The molecule has 1 fully saturated rings. The van der Waals surface area contributed by atoms with Crippen molar-refractivity contribution in [2.45, 2.75) is 24.3 Å². The van der Waals surface area contributed by atoms with Crippen LogP contribution in [0, 0.1) is 5.92 Å². The average Bonchev–Trinajstić information content (AvgIpc) is 2.94. The molecule has 0 N–H and O–H groups in total. The SMILES string of the molecule is CC1OCCC1C(Br)c1csc2ccccc12. The minimum Gasteiger partial charge on any atom is -0.378 e. The molecule has 2 aromatic rings. The number of benzene rings is 1. The van der Waals surface area contributed by atoms with Crippen molar-refractivity contribution < 1.29 is 4.74 Å². The van der Waals surface area contributed by atoms with Gasteiger partial charge in [0.05, 0.1) is 6.10 Å². The molecule has 3 heteroatoms. The summed E-state index contributed by atoms with van der Waals surface area (Å²) in [6.45, 7) is 3.08. The van der Waals surface area contributed by atoms with Crippen LogP contribution in [0.25, 0.3) is 10.1 Å². The van der Waals surface area contributed by atoms with Crippen molar-refractivity contribution in [3.8, 4) is 0 Å². The van der Waals surface area contributed by atoms with Crippen molar-refractivity contribution in [1.82, 2.24) is 0 Å². The molecular weight excluding hydrogens is 296 g/mol. The molecule has 0 radical (unpaired) electrons. The summed E-state index contributed by atoms with van der Waals surface area (Å²) in [5.41, 5.74) is 1.42. The van der Waals surface area contributed by atoms with Gasteiger partial charge in [-0.25, -0.2) is 0 Å². The van der Waals surface area contributed by atoms with E-state index >= 15 is 0 Å². The van der Waals surface area contributed by atoms with E-state index in [0.29, 0.717) is 16.8 Å². The molecule has 17 heavy (non-hydrogen) atoms. The summed E-state index contributed by atoms with van der Waals surface area (Å²) < 4.78 is 7.04. The molecule has 90 valence electrons. The van der Waals surface area contributed by atoms with Gasteiger partial charge in [0.25, 0.3) is 0 Å². The molecule has 0 aliphatic carbocycles. The Labute approximate surface area is 114 Å². The van der Waals surface area contributed by atoms with E-state index in [-0.39, 0.29) is 0 Å². The Morgan fingerprint density at radius 3 is 3.00 bits per heavy atom. The quantitative estimate of drug-likeness (QED) is 0.726. The van der Waals surface area contributed by atoms with E-state index < -0.39 is 0 Å². The van der Waals surface area contributed by atoms with Gasteiger partial charge in [0.1, 0.15) is 0 Å². The van der Waals surface area contributed by atoms with Gasteiger partial charge in [0, 0.05) is 22.1 Å². The zero-order chi connectivity index (χ0) is 11.8. The standard InChI is InChI=1S/C14H15BrOS/c1-9-10(6-7-16-9)14(15)12-8-17-13-5-3-2-4-11(12)13/h2-5,8-10,14H,6-7H2,1H3. The highest BCUT2D eigenvalue weighted by atomic mass is 79.9. The second-order valence-corrected chi connectivity index (χ2v) is 6.52. The molecule has 3 rings (SSSR count). The largest absolute Gasteiger partial charge is 0.378 e. The van der Waals surface area contributed by atoms with Crippen LogP contribution in [-0.4, -0.2) is 12.7 Å². The predicted molar refractivity (Wildman–Crippen MR) is 77.0 cm³/mol. The van der Waals surface area contributed by atoms with Crippen molar-refractivity contribution in [2.75, 3.05) is 6.61 Å². The van der Waals surface area contributed by atoms with Gasteiger partial charge < -0.3 is 4.74 Å². The molecule has 2 heterocycles. The lowest BCUT2D eigenvalue weighted by atomic mass is 9.93. The van der Waals surface area contributed by atoms with E-state index in [2.05, 4.69) is 52.5 Å². The molecule has 0 bridgehead atoms. The van der Waals surface area contributed by atoms with Crippen LogP contribution in [-0.2, 0) is 4.74 Å². The maximum atomic E-state index is 5.67. The lowest BCUT2D eigenvalue weighted by molar-refractivity contribution is 0.106. The van der Waals surface area contributed by atoms with Crippen LogP contribution in [0.4, 0.5) is 0 Å². The number of hydrogen-bond donors (Lipinski definition) is 0. The Morgan fingerprint density at radius 1 is 1.41 bits per heavy atom. The van der Waals surface area contributed by atoms with E-state index in [9.17, 15) is 0 Å². The van der Waals surface area contributed by atoms with E-state index in [1.54, 1.807) is 0 Å². The predicted octanol–water partition coefficient (Wildman–Crippen LogP) is 4.76. The highest BCUT2D eigenvalue weighted by molar-refractivity contribution is 9.09. The van der Waals surface area contributed by atoms with Crippen LogP contribution < -0.4 is 0 Å². The van der Waals surface area contributed by atoms with Crippen LogP contribution in [0.15, 0.2) is 29.6 Å². The van der Waals surface area contributed by atoms with Crippen molar-refractivity contribution in [3.63, 3.8) is 0 Å². The Kier molecular flexibility index (Phi) is 3.24. The second kappa shape index (κ2) is 4.71. The lowest BCUT2D eigenvalue weighted by Crippen LogP contribution is -2.15. The monoisotopic (exact) mass is 310 g/mol. The first-order valence-electron chi connectivity index (χ1n) is 5.99. The van der Waals surface area contributed by atoms with Gasteiger partial charge in [-0.05, 0) is 35.7 Å². The molecule has 1 aliphatic heterocycles. The molecule has 0 saturated carbocycles. The van der Waals surface area contributed by atoms with Crippen molar-refractivity contribution in [1.29, 1.82) is 0 Å². The summed E-state index contributed by atoms with van der Waals surface area (Å²) in [6, 6.07) is 8.63. The number of thiophene rings is 1. The van der Waals surface area contributed by atoms with E-state index in [0.717, 1.165) is 13.0 Å². The van der Waals surface area contributed by atoms with Gasteiger partial charge in [-0.2, -0.15) is 0 Å². The maximum absolute atomic E-state index is 5.67. The third-order valence-corrected chi connectivity index (χ3v) is 5.77. The Morgan fingerprint density at radius 2 is 2.24 bits per heavy atom. The molecule has 3 atom stereocenters. The van der Waals surface area contributed by atoms with Gasteiger partial charge in [-0.3, -0.25) is 0 Å². The normalized spacial score (nSPS) is 26.5. The molecule has 1 aromatic heterocycles. The maximum Gasteiger partial charge on any atom is 0.0589 e. The number of rotatable bonds is 2. The number of fused-ring (bicyclic) bond motifs is 1. The first kappa shape index (κ1) is 11.7. The lowest BCUT2D eigenvalue weighted by Gasteiger charge is -2.20. The van der Waals surface area contributed by atoms with Crippen molar-refractivity contribution in [2.24, 2.45) is 5.92 Å². The molecule has 1 nitrogen and oxygen atoms in total. The smallest absolute Gasteiger partial charge is 0.0589 e. The van der Waals surface area contributed by atoms with Crippen LogP contribution >= 0.6 is 27.3 Å². The second-order valence-electron chi connectivity index (χ2n) is 4.62. The summed E-state index contributed by atoms with van der Waals surface area (Å²) >= 11 is 5.71. The minimum absolute atomic E-state index is 0.359. The molecule has 1 aromatic carbocycles. The van der Waals surface area contributed by atoms with E-state index in [1.165, 1.54) is 15.6 Å². The fourth-order valence-corrected chi connectivity index (χ4v) is 4.82. The summed E-state index contributed by atoms with van der Waals surface area (Å²) in [5, 5.41) is 3.67. The van der Waals surface area contributed by atoms with Gasteiger partial charge >= 0.3 is 0 Å². The topological polar surface area (TPSA) is 9.23 Å². The Bertz CT molecular complexity index is 522. The highest BCUT2D eigenvalue weighted by Gasteiger charge is 2.32. The third-order valence-electron chi connectivity index (χ3n) is 3.62. The Balaban J connectivity index is 1.98. The fourth-order valence-electron chi connectivity index (χ4n) is 2.58. The molecule has 1 aliphatic rings. The summed E-state index contributed by atoms with van der Waals surface area (Å²) in [5.74, 6) is 0.591. The highest BCUT2D eigenvalue weighted by Crippen LogP contribution is 2.43. The van der Waals surface area contributed by atoms with Crippen LogP contribution in [0.5, 0.6) is 0 Å². The summed E-state index contributed by atoms with van der Waals surface area (Å²) in [7, 11) is 0. The number of halogens is 1. The Hall–Kier alpha value is -0.380. The summed E-state index contributed by atoms with van der Waals surface area (Å²) in [4.78, 5) is 0.413. The van der Waals surface area contributed by atoms with E-state index in [1.807, 2.05) is 11.3 Å². The molecule has 1 saturated heterocycles. The first-order chi connectivity index (χ1) is 8.27. The van der Waals surface area contributed by atoms with Crippen molar-refractivity contribution in [3.05, 3.63) is 35.2 Å². The van der Waals surface area contributed by atoms with Crippen LogP contribution in [0.1, 0.15) is 23.7 Å². The van der Waals surface area contributed by atoms with Crippen molar-refractivity contribution >= 4 is 37.4 Å². The molecule has 0 amide bonds. The number of hydrogen-bond acceptors (Lipinski definition) is 2. The summed E-state index contributed by atoms with van der Waals surface area (Å²) in [6.07, 6.45) is 1.51. The zero-order valence-corrected chi connectivity index (χ0v) is 12.1. The van der Waals surface area contributed by atoms with E-state index in [4.69, 9.17) is 4.74 Å². The number of alkyl halides is 1. The third kappa shape index (κ3) is 2.05.